The molecule has 6 nitrogen and oxygen atoms in total. The van der Waals surface area contributed by atoms with Crippen LogP contribution >= 0.6 is 11.8 Å². The third-order valence-corrected chi connectivity index (χ3v) is 5.67. The molecule has 3 rings (SSSR count). The Labute approximate surface area is 158 Å². The Bertz CT molecular complexity index is 696. The molecule has 0 aromatic heterocycles. The summed E-state index contributed by atoms with van der Waals surface area (Å²) in [5, 5.41) is 5.75. The summed E-state index contributed by atoms with van der Waals surface area (Å²) in [6, 6.07) is 7.11. The second-order valence-electron chi connectivity index (χ2n) is 6.59. The zero-order valence-corrected chi connectivity index (χ0v) is 16.1. The number of urea groups is 1. The molecule has 26 heavy (non-hydrogen) atoms. The molecule has 0 bridgehead atoms. The van der Waals surface area contributed by atoms with Crippen molar-refractivity contribution in [1.29, 1.82) is 0 Å². The van der Waals surface area contributed by atoms with Gasteiger partial charge in [-0.15, -0.1) is 0 Å². The largest absolute Gasteiger partial charge is 0.463 e. The maximum absolute atomic E-state index is 12.7. The minimum Gasteiger partial charge on any atom is -0.463 e. The highest BCUT2D eigenvalue weighted by atomic mass is 32.2. The number of aryl methyl sites for hydroxylation is 1. The lowest BCUT2D eigenvalue weighted by Gasteiger charge is -2.31. The van der Waals surface area contributed by atoms with Crippen molar-refractivity contribution in [2.24, 2.45) is 0 Å². The molecule has 3 N–H and O–H groups in total. The van der Waals surface area contributed by atoms with Gasteiger partial charge in [-0.1, -0.05) is 29.8 Å². The average Bonchev–Trinajstić information content (AvgIpc) is 2.63. The van der Waals surface area contributed by atoms with Crippen LogP contribution in [0.3, 0.4) is 0 Å². The highest BCUT2D eigenvalue weighted by molar-refractivity contribution is 7.99. The molecule has 1 atom stereocenters. The predicted molar refractivity (Wildman–Crippen MR) is 102 cm³/mol. The van der Waals surface area contributed by atoms with Crippen molar-refractivity contribution in [2.75, 3.05) is 37.7 Å². The van der Waals surface area contributed by atoms with Crippen LogP contribution in [0.4, 0.5) is 4.79 Å². The van der Waals surface area contributed by atoms with Crippen molar-refractivity contribution >= 4 is 23.8 Å². The van der Waals surface area contributed by atoms with Crippen LogP contribution in [0.15, 0.2) is 35.5 Å². The molecule has 0 radical (unpaired) electrons. The lowest BCUT2D eigenvalue weighted by Crippen LogP contribution is -3.14. The van der Waals surface area contributed by atoms with E-state index >= 15 is 0 Å². The number of carbonyl (C=O) groups excluding carboxylic acids is 2. The van der Waals surface area contributed by atoms with Gasteiger partial charge in [0.2, 0.25) is 0 Å². The summed E-state index contributed by atoms with van der Waals surface area (Å²) >= 11 is 1.95. The topological polar surface area (TPSA) is 71.9 Å². The molecule has 0 spiro atoms. The van der Waals surface area contributed by atoms with Crippen molar-refractivity contribution in [1.82, 2.24) is 10.6 Å². The van der Waals surface area contributed by atoms with Gasteiger partial charge in [0.05, 0.1) is 37.0 Å². The number of hydrogen-bond acceptors (Lipinski definition) is 4. The molecule has 1 aromatic carbocycles. The number of thioether (sulfide) groups is 1. The fourth-order valence-corrected chi connectivity index (χ4v) is 4.37. The Hall–Kier alpha value is -1.99. The van der Waals surface area contributed by atoms with E-state index in [-0.39, 0.29) is 12.0 Å². The molecular formula is C19H26N3O3S+. The molecule has 1 saturated heterocycles. The molecular weight excluding hydrogens is 350 g/mol. The first-order chi connectivity index (χ1) is 12.6. The molecule has 0 unspecified atom stereocenters. The SMILES string of the molecule is CCOC(=O)C1=C(C[NH+]2CCSCC2)NC(=O)N[C@@H]1c1ccc(C)cc1. The van der Waals surface area contributed by atoms with Gasteiger partial charge < -0.3 is 20.3 Å². The van der Waals surface area contributed by atoms with Gasteiger partial charge in [0.1, 0.15) is 6.54 Å². The quantitative estimate of drug-likeness (QED) is 0.665. The first-order valence-corrected chi connectivity index (χ1v) is 10.2. The molecule has 2 aliphatic heterocycles. The average molecular weight is 377 g/mol. The van der Waals surface area contributed by atoms with Gasteiger partial charge in [-0.2, -0.15) is 11.8 Å². The van der Waals surface area contributed by atoms with E-state index in [1.54, 1.807) is 6.92 Å². The first-order valence-electron chi connectivity index (χ1n) is 9.04. The van der Waals surface area contributed by atoms with Crippen molar-refractivity contribution in [3.8, 4) is 0 Å². The molecule has 2 heterocycles. The normalized spacial score (nSPS) is 21.2. The minimum atomic E-state index is -0.489. The molecule has 2 amide bonds. The number of esters is 1. The lowest BCUT2D eigenvalue weighted by molar-refractivity contribution is -0.891. The van der Waals surface area contributed by atoms with Gasteiger partial charge in [-0.25, -0.2) is 9.59 Å². The number of amides is 2. The van der Waals surface area contributed by atoms with Crippen LogP contribution in [0.2, 0.25) is 0 Å². The van der Waals surface area contributed by atoms with Gasteiger partial charge in [0.25, 0.3) is 0 Å². The Balaban J connectivity index is 1.96. The third-order valence-electron chi connectivity index (χ3n) is 4.69. The molecule has 1 fully saturated rings. The fourth-order valence-electron chi connectivity index (χ4n) is 3.30. The Morgan fingerprint density at radius 3 is 2.62 bits per heavy atom. The standard InChI is InChI=1S/C19H25N3O3S/c1-3-25-18(23)16-15(12-22-8-10-26-11-9-22)20-19(24)21-17(16)14-6-4-13(2)5-7-14/h4-7,17H,3,8-12H2,1-2H3,(H2,20,21,24)/p+1/t17-/m1/s1. The second-order valence-corrected chi connectivity index (χ2v) is 7.82. The summed E-state index contributed by atoms with van der Waals surface area (Å²) in [6.45, 7) is 6.80. The highest BCUT2D eigenvalue weighted by Crippen LogP contribution is 2.27. The Morgan fingerprint density at radius 1 is 1.27 bits per heavy atom. The summed E-state index contributed by atoms with van der Waals surface area (Å²) in [5.74, 6) is 1.84. The van der Waals surface area contributed by atoms with Crippen LogP contribution in [-0.4, -0.2) is 49.7 Å². The zero-order valence-electron chi connectivity index (χ0n) is 15.3. The van der Waals surface area contributed by atoms with E-state index in [1.165, 1.54) is 4.90 Å². The summed E-state index contributed by atoms with van der Waals surface area (Å²) < 4.78 is 5.31. The van der Waals surface area contributed by atoms with Crippen molar-refractivity contribution in [3.63, 3.8) is 0 Å². The lowest BCUT2D eigenvalue weighted by atomic mass is 9.94. The molecule has 7 heteroatoms. The maximum atomic E-state index is 12.7. The number of nitrogens with one attached hydrogen (secondary N) is 3. The van der Waals surface area contributed by atoms with Crippen LogP contribution in [0.5, 0.6) is 0 Å². The van der Waals surface area contributed by atoms with Gasteiger partial charge in [0, 0.05) is 11.5 Å². The molecule has 140 valence electrons. The maximum Gasteiger partial charge on any atom is 0.338 e. The van der Waals surface area contributed by atoms with Crippen LogP contribution < -0.4 is 15.5 Å². The highest BCUT2D eigenvalue weighted by Gasteiger charge is 2.35. The van der Waals surface area contributed by atoms with Crippen LogP contribution in [0.25, 0.3) is 0 Å². The van der Waals surface area contributed by atoms with Crippen molar-refractivity contribution < 1.29 is 19.2 Å². The van der Waals surface area contributed by atoms with Gasteiger partial charge in [-0.05, 0) is 19.4 Å². The van der Waals surface area contributed by atoms with Crippen LogP contribution in [-0.2, 0) is 9.53 Å². The van der Waals surface area contributed by atoms with E-state index < -0.39 is 6.04 Å². The van der Waals surface area contributed by atoms with Crippen molar-refractivity contribution in [3.05, 3.63) is 46.7 Å². The molecule has 0 saturated carbocycles. The third kappa shape index (κ3) is 4.40. The number of rotatable bonds is 5. The minimum absolute atomic E-state index is 0.274. The van der Waals surface area contributed by atoms with E-state index in [9.17, 15) is 9.59 Å². The van der Waals surface area contributed by atoms with Crippen LogP contribution in [0, 0.1) is 6.92 Å². The second kappa shape index (κ2) is 8.60. The summed E-state index contributed by atoms with van der Waals surface area (Å²) in [7, 11) is 0. The van der Waals surface area contributed by atoms with Gasteiger partial charge in [0.15, 0.2) is 0 Å². The van der Waals surface area contributed by atoms with E-state index in [2.05, 4.69) is 10.6 Å². The van der Waals surface area contributed by atoms with Gasteiger partial charge >= 0.3 is 12.0 Å². The molecule has 1 aromatic rings. The number of ether oxygens (including phenoxy) is 1. The zero-order chi connectivity index (χ0) is 18.5. The van der Waals surface area contributed by atoms with E-state index in [0.29, 0.717) is 24.4 Å². The summed E-state index contributed by atoms with van der Waals surface area (Å²) in [6.07, 6.45) is 0. The predicted octanol–water partition coefficient (Wildman–Crippen LogP) is 0.798. The fraction of sp³-hybridized carbons (Fsp3) is 0.474. The monoisotopic (exact) mass is 376 g/mol. The first kappa shape index (κ1) is 18.8. The van der Waals surface area contributed by atoms with E-state index in [1.807, 2.05) is 43.0 Å². The number of quaternary nitrogens is 1. The molecule has 0 aliphatic carbocycles. The van der Waals surface area contributed by atoms with Crippen molar-refractivity contribution in [2.45, 2.75) is 19.9 Å². The smallest absolute Gasteiger partial charge is 0.338 e. The number of carbonyl (C=O) groups is 2. The molecule has 2 aliphatic rings. The summed E-state index contributed by atoms with van der Waals surface area (Å²) in [4.78, 5) is 26.4. The van der Waals surface area contributed by atoms with E-state index in [0.717, 1.165) is 35.7 Å². The summed E-state index contributed by atoms with van der Waals surface area (Å²) in [5.41, 5.74) is 3.21. The van der Waals surface area contributed by atoms with Gasteiger partial charge in [-0.3, -0.25) is 0 Å². The van der Waals surface area contributed by atoms with E-state index in [4.69, 9.17) is 4.74 Å². The van der Waals surface area contributed by atoms with Crippen LogP contribution in [0.1, 0.15) is 24.1 Å². The Morgan fingerprint density at radius 2 is 1.96 bits per heavy atom. The Kier molecular flexibility index (Phi) is 6.21. The number of hydrogen-bond donors (Lipinski definition) is 3. The number of benzene rings is 1.